The van der Waals surface area contributed by atoms with Crippen LogP contribution in [0.15, 0.2) is 48.5 Å². The number of allylic oxidation sites excluding steroid dienone is 1. The van der Waals surface area contributed by atoms with Crippen LogP contribution >= 0.6 is 0 Å². The minimum Gasteiger partial charge on any atom is -0.321 e. The predicted molar refractivity (Wildman–Crippen MR) is 99.3 cm³/mol. The van der Waals surface area contributed by atoms with Crippen LogP contribution in [0.1, 0.15) is 50.8 Å². The van der Waals surface area contributed by atoms with Gasteiger partial charge in [-0.25, -0.2) is 0 Å². The Balaban J connectivity index is 0.000000448. The van der Waals surface area contributed by atoms with Crippen molar-refractivity contribution in [2.75, 3.05) is 5.32 Å². The SMILES string of the molecule is CC.CC.O=C1Nc2ccccc2/C1=C1\CCc2ccccc21. The van der Waals surface area contributed by atoms with Gasteiger partial charge in [0.2, 0.25) is 0 Å². The fourth-order valence-electron chi connectivity index (χ4n) is 3.10. The van der Waals surface area contributed by atoms with Crippen LogP contribution in [0.5, 0.6) is 0 Å². The largest absolute Gasteiger partial charge is 0.321 e. The van der Waals surface area contributed by atoms with Gasteiger partial charge in [0, 0.05) is 11.3 Å². The number of nitrogens with one attached hydrogen (secondary N) is 1. The highest BCUT2D eigenvalue weighted by Gasteiger charge is 2.29. The molecule has 0 saturated heterocycles. The molecular weight excluding hydrogens is 282 g/mol. The van der Waals surface area contributed by atoms with Crippen molar-refractivity contribution in [3.63, 3.8) is 0 Å². The van der Waals surface area contributed by atoms with Crippen LogP contribution < -0.4 is 5.32 Å². The Bertz CT molecular complexity index is 728. The highest BCUT2D eigenvalue weighted by atomic mass is 16.2. The minimum atomic E-state index is 0.0351. The van der Waals surface area contributed by atoms with E-state index in [1.165, 1.54) is 16.7 Å². The van der Waals surface area contributed by atoms with Crippen LogP contribution in [0.4, 0.5) is 5.69 Å². The monoisotopic (exact) mass is 307 g/mol. The summed E-state index contributed by atoms with van der Waals surface area (Å²) in [4.78, 5) is 12.3. The van der Waals surface area contributed by atoms with Gasteiger partial charge in [-0.05, 0) is 35.6 Å². The Labute approximate surface area is 139 Å². The standard InChI is InChI=1S/C17H13NO.2C2H6/c19-17-16(14-7-3-4-8-15(14)18-17)13-10-9-11-5-1-2-6-12(11)13;2*1-2/h1-8H,9-10H2,(H,18,19);2*1-2H3/b16-13-;;. The van der Waals surface area contributed by atoms with E-state index in [0.29, 0.717) is 0 Å². The number of carbonyl (C=O) groups excluding carboxylic acids is 1. The fraction of sp³-hybridized carbons (Fsp3) is 0.286. The molecule has 1 heterocycles. The average molecular weight is 307 g/mol. The van der Waals surface area contributed by atoms with Gasteiger partial charge in [0.05, 0.1) is 5.57 Å². The Morgan fingerprint density at radius 2 is 1.39 bits per heavy atom. The van der Waals surface area contributed by atoms with Gasteiger partial charge in [0.1, 0.15) is 0 Å². The molecule has 2 aromatic carbocycles. The third-order valence-electron chi connectivity index (χ3n) is 3.96. The fourth-order valence-corrected chi connectivity index (χ4v) is 3.10. The number of hydrogen-bond donors (Lipinski definition) is 1. The smallest absolute Gasteiger partial charge is 0.256 e. The summed E-state index contributed by atoms with van der Waals surface area (Å²) in [5, 5.41) is 2.96. The first-order valence-corrected chi connectivity index (χ1v) is 8.57. The highest BCUT2D eigenvalue weighted by Crippen LogP contribution is 2.42. The van der Waals surface area contributed by atoms with E-state index in [-0.39, 0.29) is 5.91 Å². The second kappa shape index (κ2) is 7.77. The molecule has 0 atom stereocenters. The molecule has 0 fully saturated rings. The number of hydrogen-bond acceptors (Lipinski definition) is 1. The number of rotatable bonds is 0. The number of fused-ring (bicyclic) bond motifs is 2. The van der Waals surface area contributed by atoms with Gasteiger partial charge in [-0.2, -0.15) is 0 Å². The predicted octanol–water partition coefficient (Wildman–Crippen LogP) is 5.55. The van der Waals surface area contributed by atoms with Crippen LogP contribution in [0.3, 0.4) is 0 Å². The van der Waals surface area contributed by atoms with Crippen molar-refractivity contribution in [3.05, 3.63) is 65.2 Å². The molecule has 120 valence electrons. The second-order valence-electron chi connectivity index (χ2n) is 5.01. The van der Waals surface area contributed by atoms with Crippen molar-refractivity contribution in [1.82, 2.24) is 0 Å². The van der Waals surface area contributed by atoms with Gasteiger partial charge in [-0.15, -0.1) is 0 Å². The quantitative estimate of drug-likeness (QED) is 0.635. The van der Waals surface area contributed by atoms with Gasteiger partial charge in [0.15, 0.2) is 0 Å². The normalized spacial score (nSPS) is 17.1. The molecule has 2 aromatic rings. The van der Waals surface area contributed by atoms with E-state index in [2.05, 4.69) is 23.5 Å². The van der Waals surface area contributed by atoms with Crippen LogP contribution in [0.2, 0.25) is 0 Å². The molecule has 1 aliphatic carbocycles. The lowest BCUT2D eigenvalue weighted by Gasteiger charge is -2.05. The zero-order valence-electron chi connectivity index (χ0n) is 14.4. The molecule has 23 heavy (non-hydrogen) atoms. The lowest BCUT2D eigenvalue weighted by molar-refractivity contribution is -0.110. The van der Waals surface area contributed by atoms with E-state index in [4.69, 9.17) is 0 Å². The van der Waals surface area contributed by atoms with Gasteiger partial charge in [0.25, 0.3) is 5.91 Å². The number of benzene rings is 2. The average Bonchev–Trinajstić information content (AvgIpc) is 3.18. The molecule has 2 heteroatoms. The highest BCUT2D eigenvalue weighted by molar-refractivity contribution is 6.37. The molecule has 0 aromatic heterocycles. The molecule has 2 aliphatic rings. The van der Waals surface area contributed by atoms with Crippen molar-refractivity contribution < 1.29 is 4.79 Å². The molecular formula is C21H25NO. The van der Waals surface area contributed by atoms with Gasteiger partial charge >= 0.3 is 0 Å². The van der Waals surface area contributed by atoms with E-state index in [1.807, 2.05) is 58.0 Å². The van der Waals surface area contributed by atoms with Crippen LogP contribution in [0.25, 0.3) is 11.1 Å². The molecule has 0 saturated carbocycles. The maximum absolute atomic E-state index is 12.3. The van der Waals surface area contributed by atoms with Crippen molar-refractivity contribution >= 4 is 22.7 Å². The summed E-state index contributed by atoms with van der Waals surface area (Å²) in [5.41, 5.74) is 6.61. The van der Waals surface area contributed by atoms with Crippen LogP contribution in [-0.2, 0) is 11.2 Å². The Kier molecular flexibility index (Phi) is 5.75. The topological polar surface area (TPSA) is 29.1 Å². The molecule has 0 unspecified atom stereocenters. The summed E-state index contributed by atoms with van der Waals surface area (Å²) in [6, 6.07) is 16.3. The minimum absolute atomic E-state index is 0.0351. The Hall–Kier alpha value is -2.35. The van der Waals surface area contributed by atoms with Crippen LogP contribution in [-0.4, -0.2) is 5.91 Å². The van der Waals surface area contributed by atoms with Gasteiger partial charge in [-0.3, -0.25) is 4.79 Å². The van der Waals surface area contributed by atoms with E-state index in [1.54, 1.807) is 0 Å². The van der Waals surface area contributed by atoms with Crippen molar-refractivity contribution in [3.8, 4) is 0 Å². The number of para-hydroxylation sites is 1. The molecule has 1 N–H and O–H groups in total. The van der Waals surface area contributed by atoms with E-state index < -0.39 is 0 Å². The third kappa shape index (κ3) is 3.07. The van der Waals surface area contributed by atoms with E-state index >= 15 is 0 Å². The zero-order chi connectivity index (χ0) is 16.8. The molecule has 0 radical (unpaired) electrons. The lowest BCUT2D eigenvalue weighted by atomic mass is 9.97. The number of amides is 1. The second-order valence-corrected chi connectivity index (χ2v) is 5.01. The van der Waals surface area contributed by atoms with E-state index in [0.717, 1.165) is 29.7 Å². The van der Waals surface area contributed by atoms with Gasteiger partial charge < -0.3 is 5.32 Å². The first-order chi connectivity index (χ1) is 11.3. The summed E-state index contributed by atoms with van der Waals surface area (Å²) in [5.74, 6) is 0.0351. The van der Waals surface area contributed by atoms with E-state index in [9.17, 15) is 4.79 Å². The lowest BCUT2D eigenvalue weighted by Crippen LogP contribution is -2.05. The number of carbonyl (C=O) groups is 1. The Morgan fingerprint density at radius 3 is 2.13 bits per heavy atom. The molecule has 4 rings (SSSR count). The maximum Gasteiger partial charge on any atom is 0.256 e. The van der Waals surface area contributed by atoms with Crippen molar-refractivity contribution in [1.29, 1.82) is 0 Å². The molecule has 1 amide bonds. The Morgan fingerprint density at radius 1 is 0.783 bits per heavy atom. The molecule has 2 nitrogen and oxygen atoms in total. The maximum atomic E-state index is 12.3. The third-order valence-corrected chi connectivity index (χ3v) is 3.96. The van der Waals surface area contributed by atoms with Crippen molar-refractivity contribution in [2.45, 2.75) is 40.5 Å². The summed E-state index contributed by atoms with van der Waals surface area (Å²) >= 11 is 0. The molecule has 0 bridgehead atoms. The van der Waals surface area contributed by atoms with Gasteiger partial charge in [-0.1, -0.05) is 70.2 Å². The summed E-state index contributed by atoms with van der Waals surface area (Å²) in [7, 11) is 0. The zero-order valence-corrected chi connectivity index (χ0v) is 14.4. The van der Waals surface area contributed by atoms with Crippen LogP contribution in [0, 0.1) is 0 Å². The first-order valence-electron chi connectivity index (χ1n) is 8.57. The summed E-state index contributed by atoms with van der Waals surface area (Å²) < 4.78 is 0. The summed E-state index contributed by atoms with van der Waals surface area (Å²) in [6.07, 6.45) is 1.99. The molecule has 0 spiro atoms. The molecule has 1 aliphatic heterocycles. The van der Waals surface area contributed by atoms with Crippen molar-refractivity contribution in [2.24, 2.45) is 0 Å². The number of aryl methyl sites for hydroxylation is 1. The number of anilines is 1. The summed E-state index contributed by atoms with van der Waals surface area (Å²) in [6.45, 7) is 8.00. The first kappa shape index (κ1) is 17.0.